The molecule has 1 heterocycles. The van der Waals surface area contributed by atoms with Crippen molar-refractivity contribution in [3.63, 3.8) is 0 Å². The average molecular weight is 299 g/mol. The third-order valence-corrected chi connectivity index (χ3v) is 3.85. The van der Waals surface area contributed by atoms with Gasteiger partial charge in [0.05, 0.1) is 6.04 Å². The number of nitrogens with zero attached hydrogens (tertiary/aromatic N) is 1. The minimum Gasteiger partial charge on any atom is -0.481 e. The molecule has 0 aliphatic heterocycles. The van der Waals surface area contributed by atoms with E-state index in [0.717, 1.165) is 23.5 Å². The maximum absolute atomic E-state index is 11.6. The zero-order valence-corrected chi connectivity index (χ0v) is 12.6. The lowest BCUT2D eigenvalue weighted by Gasteiger charge is -2.12. The number of carboxylic acids is 1. The van der Waals surface area contributed by atoms with Gasteiger partial charge >= 0.3 is 12.0 Å². The van der Waals surface area contributed by atoms with Crippen LogP contribution in [0.5, 0.6) is 0 Å². The van der Waals surface area contributed by atoms with Crippen molar-refractivity contribution >= 4 is 23.3 Å². The largest absolute Gasteiger partial charge is 0.481 e. The molecule has 0 spiro atoms. The summed E-state index contributed by atoms with van der Waals surface area (Å²) < 4.78 is 0. The van der Waals surface area contributed by atoms with E-state index in [1.807, 2.05) is 19.2 Å². The van der Waals surface area contributed by atoms with Gasteiger partial charge in [0.1, 0.15) is 5.01 Å². The molecule has 2 amide bonds. The van der Waals surface area contributed by atoms with E-state index in [4.69, 9.17) is 5.11 Å². The number of carboxylic acid groups (broad SMARTS) is 1. The Kier molecular flexibility index (Phi) is 7.00. The molecule has 0 saturated heterocycles. The first-order valence-corrected chi connectivity index (χ1v) is 7.55. The quantitative estimate of drug-likeness (QED) is 0.643. The van der Waals surface area contributed by atoms with E-state index < -0.39 is 5.97 Å². The molecule has 1 aromatic heterocycles. The smallest absolute Gasteiger partial charge is 0.315 e. The van der Waals surface area contributed by atoms with Gasteiger partial charge < -0.3 is 15.7 Å². The molecule has 0 radical (unpaired) electrons. The summed E-state index contributed by atoms with van der Waals surface area (Å²) in [6, 6.07) is -0.329. The summed E-state index contributed by atoms with van der Waals surface area (Å²) in [5, 5.41) is 16.9. The van der Waals surface area contributed by atoms with Gasteiger partial charge in [-0.1, -0.05) is 6.42 Å². The third kappa shape index (κ3) is 6.51. The van der Waals surface area contributed by atoms with Crippen LogP contribution in [-0.2, 0) is 4.79 Å². The number of carbonyl (C=O) groups excluding carboxylic acids is 1. The Bertz CT molecular complexity index is 448. The van der Waals surface area contributed by atoms with Crippen LogP contribution in [0, 0.1) is 6.92 Å². The standard InChI is InChI=1S/C13H21N3O3S/c1-9-8-20-12(15-9)10(2)16-13(19)14-7-5-3-4-6-11(17)18/h8,10H,3-7H2,1-2H3,(H,17,18)(H2,14,16,19). The van der Waals surface area contributed by atoms with Gasteiger partial charge in [0.2, 0.25) is 0 Å². The maximum Gasteiger partial charge on any atom is 0.315 e. The minimum atomic E-state index is -0.775. The second-order valence-corrected chi connectivity index (χ2v) is 5.54. The second-order valence-electron chi connectivity index (χ2n) is 4.65. The van der Waals surface area contributed by atoms with Crippen molar-refractivity contribution in [1.82, 2.24) is 15.6 Å². The number of rotatable bonds is 8. The summed E-state index contributed by atoms with van der Waals surface area (Å²) in [7, 11) is 0. The fraction of sp³-hybridized carbons (Fsp3) is 0.615. The van der Waals surface area contributed by atoms with Gasteiger partial charge in [0.25, 0.3) is 0 Å². The topological polar surface area (TPSA) is 91.3 Å². The molecule has 0 fully saturated rings. The number of thiazole rings is 1. The highest BCUT2D eigenvalue weighted by atomic mass is 32.1. The normalized spacial score (nSPS) is 11.9. The second kappa shape index (κ2) is 8.52. The van der Waals surface area contributed by atoms with Gasteiger partial charge in [-0.05, 0) is 26.7 Å². The van der Waals surface area contributed by atoms with Gasteiger partial charge in [0, 0.05) is 24.0 Å². The van der Waals surface area contributed by atoms with E-state index in [1.165, 1.54) is 11.3 Å². The van der Waals surface area contributed by atoms with Crippen LogP contribution < -0.4 is 10.6 Å². The van der Waals surface area contributed by atoms with Crippen LogP contribution in [0.3, 0.4) is 0 Å². The van der Waals surface area contributed by atoms with Crippen LogP contribution in [0.4, 0.5) is 4.79 Å². The Morgan fingerprint density at radius 1 is 1.40 bits per heavy atom. The fourth-order valence-corrected chi connectivity index (χ4v) is 2.46. The number of unbranched alkanes of at least 4 members (excludes halogenated alkanes) is 2. The van der Waals surface area contributed by atoms with E-state index in [9.17, 15) is 9.59 Å². The van der Waals surface area contributed by atoms with Crippen LogP contribution in [0.2, 0.25) is 0 Å². The monoisotopic (exact) mass is 299 g/mol. The molecule has 0 bridgehead atoms. The number of nitrogens with one attached hydrogen (secondary N) is 2. The molecule has 1 unspecified atom stereocenters. The van der Waals surface area contributed by atoms with Crippen LogP contribution in [0.15, 0.2) is 5.38 Å². The Hall–Kier alpha value is -1.63. The van der Waals surface area contributed by atoms with Gasteiger partial charge in [-0.2, -0.15) is 0 Å². The van der Waals surface area contributed by atoms with Crippen molar-refractivity contribution in [3.8, 4) is 0 Å². The van der Waals surface area contributed by atoms with Crippen molar-refractivity contribution < 1.29 is 14.7 Å². The van der Waals surface area contributed by atoms with Crippen molar-refractivity contribution in [3.05, 3.63) is 16.1 Å². The van der Waals surface area contributed by atoms with E-state index in [2.05, 4.69) is 15.6 Å². The molecule has 3 N–H and O–H groups in total. The van der Waals surface area contributed by atoms with Crippen LogP contribution >= 0.6 is 11.3 Å². The Morgan fingerprint density at radius 3 is 2.75 bits per heavy atom. The van der Waals surface area contributed by atoms with Crippen LogP contribution in [0.1, 0.15) is 49.4 Å². The lowest BCUT2D eigenvalue weighted by molar-refractivity contribution is -0.137. The van der Waals surface area contributed by atoms with Crippen molar-refractivity contribution in [1.29, 1.82) is 0 Å². The molecular weight excluding hydrogens is 278 g/mol. The van der Waals surface area contributed by atoms with E-state index >= 15 is 0 Å². The van der Waals surface area contributed by atoms with Crippen LogP contribution in [0.25, 0.3) is 0 Å². The van der Waals surface area contributed by atoms with Crippen molar-refractivity contribution in [2.24, 2.45) is 0 Å². The summed E-state index contributed by atoms with van der Waals surface area (Å²) in [4.78, 5) is 26.3. The molecule has 1 aromatic rings. The average Bonchev–Trinajstić information content (AvgIpc) is 2.80. The number of amides is 2. The summed E-state index contributed by atoms with van der Waals surface area (Å²) in [5.41, 5.74) is 0.956. The van der Waals surface area contributed by atoms with E-state index in [0.29, 0.717) is 13.0 Å². The number of carbonyl (C=O) groups is 2. The molecule has 0 saturated carbocycles. The molecule has 112 valence electrons. The number of aliphatic carboxylic acids is 1. The number of aryl methyl sites for hydroxylation is 1. The molecule has 1 rings (SSSR count). The predicted octanol–water partition coefficient (Wildman–Crippen LogP) is 2.46. The van der Waals surface area contributed by atoms with E-state index in [1.54, 1.807) is 0 Å². The highest BCUT2D eigenvalue weighted by Crippen LogP contribution is 2.16. The molecule has 6 nitrogen and oxygen atoms in total. The number of hydrogen-bond donors (Lipinski definition) is 3. The molecular formula is C13H21N3O3S. The Morgan fingerprint density at radius 2 is 2.15 bits per heavy atom. The Balaban J connectivity index is 2.12. The van der Waals surface area contributed by atoms with E-state index in [-0.39, 0.29) is 18.5 Å². The first kappa shape index (κ1) is 16.4. The molecule has 0 aliphatic carbocycles. The molecule has 0 aliphatic rings. The van der Waals surface area contributed by atoms with Gasteiger partial charge in [-0.3, -0.25) is 4.79 Å². The van der Waals surface area contributed by atoms with Crippen molar-refractivity contribution in [2.45, 2.75) is 45.6 Å². The molecule has 1 atom stereocenters. The number of urea groups is 1. The predicted molar refractivity (Wildman–Crippen MR) is 77.9 cm³/mol. The molecule has 20 heavy (non-hydrogen) atoms. The van der Waals surface area contributed by atoms with Crippen LogP contribution in [-0.4, -0.2) is 28.6 Å². The highest BCUT2D eigenvalue weighted by Gasteiger charge is 2.11. The Labute approximate surface area is 122 Å². The summed E-state index contributed by atoms with van der Waals surface area (Å²) in [6.07, 6.45) is 2.42. The minimum absolute atomic E-state index is 0.110. The first-order chi connectivity index (χ1) is 9.49. The fourth-order valence-electron chi connectivity index (χ4n) is 1.66. The zero-order chi connectivity index (χ0) is 15.0. The summed E-state index contributed by atoms with van der Waals surface area (Å²) >= 11 is 1.53. The molecule has 7 heteroatoms. The molecule has 0 aromatic carbocycles. The first-order valence-electron chi connectivity index (χ1n) is 6.67. The van der Waals surface area contributed by atoms with Gasteiger partial charge in [-0.25, -0.2) is 9.78 Å². The number of aromatic nitrogens is 1. The van der Waals surface area contributed by atoms with Gasteiger partial charge in [-0.15, -0.1) is 11.3 Å². The van der Waals surface area contributed by atoms with Gasteiger partial charge in [0.15, 0.2) is 0 Å². The summed E-state index contributed by atoms with van der Waals surface area (Å²) in [6.45, 7) is 4.36. The third-order valence-electron chi connectivity index (χ3n) is 2.71. The highest BCUT2D eigenvalue weighted by molar-refractivity contribution is 7.09. The lowest BCUT2D eigenvalue weighted by Crippen LogP contribution is -2.37. The maximum atomic E-state index is 11.6. The van der Waals surface area contributed by atoms with Crippen molar-refractivity contribution in [2.75, 3.05) is 6.54 Å². The zero-order valence-electron chi connectivity index (χ0n) is 11.8. The lowest BCUT2D eigenvalue weighted by atomic mass is 10.2. The summed E-state index contributed by atoms with van der Waals surface area (Å²) in [5.74, 6) is -0.775. The number of hydrogen-bond acceptors (Lipinski definition) is 4. The SMILES string of the molecule is Cc1csc(C(C)NC(=O)NCCCCCC(=O)O)n1.